The molecule has 0 aliphatic rings. The summed E-state index contributed by atoms with van der Waals surface area (Å²) in [5.41, 5.74) is 3.02. The van der Waals surface area contributed by atoms with E-state index in [9.17, 15) is 0 Å². The van der Waals surface area contributed by atoms with E-state index in [1.807, 2.05) is 32.2 Å². The largest absolute Gasteiger partial charge is 0.373 e. The number of para-hydroxylation sites is 1. The molecule has 0 amide bonds. The van der Waals surface area contributed by atoms with Gasteiger partial charge < -0.3 is 10.6 Å². The van der Waals surface area contributed by atoms with E-state index >= 15 is 0 Å². The summed E-state index contributed by atoms with van der Waals surface area (Å²) >= 11 is 6.26. The van der Waals surface area contributed by atoms with Crippen LogP contribution in [0.2, 0.25) is 5.02 Å². The molecule has 4 nitrogen and oxygen atoms in total. The molecular weight excluding hydrogens is 272 g/mol. The molecule has 0 saturated heterocycles. The second-order valence-electron chi connectivity index (χ2n) is 4.95. The Morgan fingerprint density at radius 1 is 1.15 bits per heavy atom. The van der Waals surface area contributed by atoms with Crippen LogP contribution < -0.4 is 10.6 Å². The molecule has 1 aromatic carbocycles. The Morgan fingerprint density at radius 2 is 1.85 bits per heavy atom. The highest BCUT2D eigenvalue weighted by Gasteiger charge is 2.15. The van der Waals surface area contributed by atoms with Gasteiger partial charge in [0.05, 0.1) is 10.7 Å². The lowest BCUT2D eigenvalue weighted by molar-refractivity contribution is 0.852. The van der Waals surface area contributed by atoms with Crippen molar-refractivity contribution in [1.29, 1.82) is 0 Å². The molecule has 0 aliphatic carbocycles. The van der Waals surface area contributed by atoms with E-state index in [0.29, 0.717) is 10.9 Å². The normalized spacial score (nSPS) is 10.7. The van der Waals surface area contributed by atoms with Crippen molar-refractivity contribution in [3.8, 4) is 0 Å². The van der Waals surface area contributed by atoms with E-state index in [4.69, 9.17) is 11.6 Å². The van der Waals surface area contributed by atoms with Crippen LogP contribution in [0.15, 0.2) is 24.5 Å². The van der Waals surface area contributed by atoms with E-state index < -0.39 is 0 Å². The minimum Gasteiger partial charge on any atom is -0.373 e. The van der Waals surface area contributed by atoms with Gasteiger partial charge in [-0.2, -0.15) is 0 Å². The van der Waals surface area contributed by atoms with Crippen molar-refractivity contribution in [1.82, 2.24) is 9.97 Å². The monoisotopic (exact) mass is 290 g/mol. The molecule has 1 aromatic heterocycles. The molecule has 0 bridgehead atoms. The van der Waals surface area contributed by atoms with Crippen molar-refractivity contribution in [2.75, 3.05) is 17.7 Å². The molecule has 5 heteroatoms. The van der Waals surface area contributed by atoms with Gasteiger partial charge in [-0.1, -0.05) is 37.6 Å². The maximum absolute atomic E-state index is 6.26. The first-order chi connectivity index (χ1) is 9.54. The van der Waals surface area contributed by atoms with Gasteiger partial charge in [-0.25, -0.2) is 9.97 Å². The third kappa shape index (κ3) is 2.85. The zero-order valence-corrected chi connectivity index (χ0v) is 12.9. The molecular formula is C15H19ClN4. The molecule has 20 heavy (non-hydrogen) atoms. The molecule has 2 N–H and O–H groups in total. The summed E-state index contributed by atoms with van der Waals surface area (Å²) in [6.45, 7) is 6.25. The summed E-state index contributed by atoms with van der Waals surface area (Å²) < 4.78 is 0. The predicted molar refractivity (Wildman–Crippen MR) is 85.1 cm³/mol. The number of anilines is 3. The first-order valence-corrected chi connectivity index (χ1v) is 6.97. The number of aromatic nitrogens is 2. The van der Waals surface area contributed by atoms with Gasteiger partial charge in [0, 0.05) is 12.6 Å². The van der Waals surface area contributed by atoms with E-state index in [-0.39, 0.29) is 0 Å². The minimum atomic E-state index is 0.295. The summed E-state index contributed by atoms with van der Waals surface area (Å²) in [6, 6.07) is 5.82. The second-order valence-corrected chi connectivity index (χ2v) is 5.35. The minimum absolute atomic E-state index is 0.295. The molecule has 1 heterocycles. The Morgan fingerprint density at radius 3 is 2.45 bits per heavy atom. The lowest BCUT2D eigenvalue weighted by Crippen LogP contribution is -2.07. The predicted octanol–water partition coefficient (Wildman–Crippen LogP) is 4.35. The Labute approximate surface area is 124 Å². The highest BCUT2D eigenvalue weighted by atomic mass is 35.5. The molecule has 0 spiro atoms. The molecule has 2 rings (SSSR count). The number of benzene rings is 1. The molecule has 0 unspecified atom stereocenters. The van der Waals surface area contributed by atoms with Crippen LogP contribution in [0.3, 0.4) is 0 Å². The maximum Gasteiger partial charge on any atom is 0.139 e. The van der Waals surface area contributed by atoms with Crippen molar-refractivity contribution in [2.45, 2.75) is 26.7 Å². The van der Waals surface area contributed by atoms with Crippen LogP contribution in [0.5, 0.6) is 0 Å². The highest BCUT2D eigenvalue weighted by Crippen LogP contribution is 2.33. The van der Waals surface area contributed by atoms with Crippen molar-refractivity contribution in [3.63, 3.8) is 0 Å². The summed E-state index contributed by atoms with van der Waals surface area (Å²) in [5.74, 6) is 1.92. The van der Waals surface area contributed by atoms with Gasteiger partial charge in [0.25, 0.3) is 0 Å². The zero-order valence-electron chi connectivity index (χ0n) is 12.2. The Balaban J connectivity index is 2.49. The average molecular weight is 291 g/mol. The summed E-state index contributed by atoms with van der Waals surface area (Å²) in [6.07, 6.45) is 1.55. The Kier molecular flexibility index (Phi) is 4.45. The molecule has 0 saturated carbocycles. The maximum atomic E-state index is 6.26. The molecule has 2 aromatic rings. The fourth-order valence-corrected chi connectivity index (χ4v) is 2.42. The van der Waals surface area contributed by atoms with Crippen molar-refractivity contribution >= 4 is 28.9 Å². The summed E-state index contributed by atoms with van der Waals surface area (Å²) in [7, 11) is 1.86. The first kappa shape index (κ1) is 14.6. The number of hydrogen-bond donors (Lipinski definition) is 2. The zero-order chi connectivity index (χ0) is 14.7. The lowest BCUT2D eigenvalue weighted by Gasteiger charge is -2.18. The fraction of sp³-hybridized carbons (Fsp3) is 0.333. The number of rotatable bonds is 4. The number of aryl methyl sites for hydroxylation is 1. The SMILES string of the molecule is CNc1ncnc(Nc2c(C)cccc2Cl)c1C(C)C. The van der Waals surface area contributed by atoms with Crippen LogP contribution in [-0.2, 0) is 0 Å². The quantitative estimate of drug-likeness (QED) is 0.879. The number of halogens is 1. The van der Waals surface area contributed by atoms with Gasteiger partial charge in [-0.05, 0) is 24.5 Å². The topological polar surface area (TPSA) is 49.8 Å². The number of nitrogens with zero attached hydrogens (tertiary/aromatic N) is 2. The lowest BCUT2D eigenvalue weighted by atomic mass is 10.0. The molecule has 0 fully saturated rings. The molecule has 106 valence electrons. The second kappa shape index (κ2) is 6.09. The number of nitrogens with one attached hydrogen (secondary N) is 2. The third-order valence-corrected chi connectivity index (χ3v) is 3.48. The van der Waals surface area contributed by atoms with Gasteiger partial charge >= 0.3 is 0 Å². The van der Waals surface area contributed by atoms with Crippen LogP contribution in [-0.4, -0.2) is 17.0 Å². The fourth-order valence-electron chi connectivity index (χ4n) is 2.15. The van der Waals surface area contributed by atoms with Crippen molar-refractivity contribution in [2.24, 2.45) is 0 Å². The summed E-state index contributed by atoms with van der Waals surface area (Å²) in [5, 5.41) is 7.13. The van der Waals surface area contributed by atoms with Crippen LogP contribution >= 0.6 is 11.6 Å². The smallest absolute Gasteiger partial charge is 0.139 e. The Bertz CT molecular complexity index is 591. The van der Waals surface area contributed by atoms with Gasteiger partial charge in [-0.3, -0.25) is 0 Å². The van der Waals surface area contributed by atoms with Crippen LogP contribution in [0.25, 0.3) is 0 Å². The van der Waals surface area contributed by atoms with Crippen molar-refractivity contribution < 1.29 is 0 Å². The third-order valence-electron chi connectivity index (χ3n) is 3.16. The first-order valence-electron chi connectivity index (χ1n) is 6.59. The van der Waals surface area contributed by atoms with Crippen LogP contribution in [0.1, 0.15) is 30.9 Å². The molecule has 0 radical (unpaired) electrons. The van der Waals surface area contributed by atoms with Crippen LogP contribution in [0, 0.1) is 6.92 Å². The van der Waals surface area contributed by atoms with Gasteiger partial charge in [0.1, 0.15) is 18.0 Å². The highest BCUT2D eigenvalue weighted by molar-refractivity contribution is 6.33. The average Bonchev–Trinajstić information content (AvgIpc) is 2.42. The van der Waals surface area contributed by atoms with Gasteiger partial charge in [0.15, 0.2) is 0 Å². The van der Waals surface area contributed by atoms with E-state index in [1.165, 1.54) is 0 Å². The molecule has 0 atom stereocenters. The standard InChI is InChI=1S/C15H19ClN4/c1-9(2)12-14(17-4)18-8-19-15(12)20-13-10(3)6-5-7-11(13)16/h5-9H,1-4H3,(H2,17,18,19,20). The van der Waals surface area contributed by atoms with E-state index in [0.717, 1.165) is 28.5 Å². The molecule has 0 aliphatic heterocycles. The van der Waals surface area contributed by atoms with Crippen molar-refractivity contribution in [3.05, 3.63) is 40.7 Å². The van der Waals surface area contributed by atoms with Gasteiger partial charge in [-0.15, -0.1) is 0 Å². The van der Waals surface area contributed by atoms with Gasteiger partial charge in [0.2, 0.25) is 0 Å². The van der Waals surface area contributed by atoms with E-state index in [2.05, 4.69) is 34.4 Å². The number of hydrogen-bond acceptors (Lipinski definition) is 4. The van der Waals surface area contributed by atoms with E-state index in [1.54, 1.807) is 6.33 Å². The Hall–Kier alpha value is -1.81. The van der Waals surface area contributed by atoms with Crippen LogP contribution in [0.4, 0.5) is 17.3 Å². The summed E-state index contributed by atoms with van der Waals surface area (Å²) in [4.78, 5) is 8.64.